The summed E-state index contributed by atoms with van der Waals surface area (Å²) >= 11 is 0. The van der Waals surface area contributed by atoms with Crippen LogP contribution in [0, 0.1) is 0 Å². The molecule has 0 saturated carbocycles. The second-order valence-electron chi connectivity index (χ2n) is 4.50. The average molecular weight is 240 g/mol. The molecular weight excluding hydrogens is 224 g/mol. The van der Waals surface area contributed by atoms with Crippen LogP contribution < -0.4 is 9.47 Å². The van der Waals surface area contributed by atoms with Gasteiger partial charge in [0.05, 0.1) is 13.7 Å². The fourth-order valence-electron chi connectivity index (χ4n) is 2.32. The largest absolute Gasteiger partial charge is 0.497 e. The minimum absolute atomic E-state index is 0.842. The van der Waals surface area contributed by atoms with Gasteiger partial charge in [0.2, 0.25) is 0 Å². The van der Waals surface area contributed by atoms with Crippen LogP contribution in [0.25, 0.3) is 11.1 Å². The molecule has 0 radical (unpaired) electrons. The number of hydrogen-bond donors (Lipinski definition) is 0. The van der Waals surface area contributed by atoms with Crippen LogP contribution in [0.15, 0.2) is 42.5 Å². The topological polar surface area (TPSA) is 18.5 Å². The highest BCUT2D eigenvalue weighted by molar-refractivity contribution is 5.66. The summed E-state index contributed by atoms with van der Waals surface area (Å²) in [5.41, 5.74) is 3.76. The van der Waals surface area contributed by atoms with E-state index in [1.54, 1.807) is 7.11 Å². The van der Waals surface area contributed by atoms with E-state index in [4.69, 9.17) is 9.47 Å². The Labute approximate surface area is 107 Å². The van der Waals surface area contributed by atoms with Gasteiger partial charge in [-0.1, -0.05) is 18.2 Å². The van der Waals surface area contributed by atoms with Gasteiger partial charge in [-0.05, 0) is 53.8 Å². The van der Waals surface area contributed by atoms with Crippen LogP contribution in [0.3, 0.4) is 0 Å². The molecule has 0 amide bonds. The monoisotopic (exact) mass is 240 g/mol. The van der Waals surface area contributed by atoms with Crippen LogP contribution in [0.4, 0.5) is 0 Å². The van der Waals surface area contributed by atoms with Crippen LogP contribution in [-0.4, -0.2) is 13.7 Å². The van der Waals surface area contributed by atoms with Crippen LogP contribution in [0.5, 0.6) is 11.5 Å². The fourth-order valence-corrected chi connectivity index (χ4v) is 2.32. The number of hydrogen-bond acceptors (Lipinski definition) is 2. The molecule has 0 unspecified atom stereocenters. The Bertz CT molecular complexity index is 544. The Morgan fingerprint density at radius 3 is 2.56 bits per heavy atom. The first-order valence-electron chi connectivity index (χ1n) is 6.27. The summed E-state index contributed by atoms with van der Waals surface area (Å²) in [5.74, 6) is 1.93. The van der Waals surface area contributed by atoms with Gasteiger partial charge in [-0.15, -0.1) is 0 Å². The van der Waals surface area contributed by atoms with Crippen molar-refractivity contribution < 1.29 is 9.47 Å². The second kappa shape index (κ2) is 4.73. The van der Waals surface area contributed by atoms with E-state index in [0.29, 0.717) is 0 Å². The molecule has 0 fully saturated rings. The van der Waals surface area contributed by atoms with E-state index < -0.39 is 0 Å². The number of aryl methyl sites for hydroxylation is 1. The van der Waals surface area contributed by atoms with Gasteiger partial charge in [-0.3, -0.25) is 0 Å². The zero-order valence-electron chi connectivity index (χ0n) is 10.5. The van der Waals surface area contributed by atoms with Crippen molar-refractivity contribution in [1.82, 2.24) is 0 Å². The summed E-state index contributed by atoms with van der Waals surface area (Å²) in [6.07, 6.45) is 2.22. The zero-order chi connectivity index (χ0) is 12.4. The van der Waals surface area contributed by atoms with Crippen LogP contribution in [-0.2, 0) is 6.42 Å². The first kappa shape index (κ1) is 11.1. The van der Waals surface area contributed by atoms with E-state index in [-0.39, 0.29) is 0 Å². The van der Waals surface area contributed by atoms with Crippen molar-refractivity contribution in [3.63, 3.8) is 0 Å². The van der Waals surface area contributed by atoms with Crippen molar-refractivity contribution in [2.45, 2.75) is 12.8 Å². The third-order valence-corrected chi connectivity index (χ3v) is 3.33. The van der Waals surface area contributed by atoms with Crippen LogP contribution in [0.1, 0.15) is 12.0 Å². The number of methoxy groups -OCH3 is 1. The first-order chi connectivity index (χ1) is 8.86. The van der Waals surface area contributed by atoms with Crippen molar-refractivity contribution in [2.75, 3.05) is 13.7 Å². The molecule has 1 heterocycles. The number of fused-ring (bicyclic) bond motifs is 1. The lowest BCUT2D eigenvalue weighted by molar-refractivity contribution is 0.288. The second-order valence-corrected chi connectivity index (χ2v) is 4.50. The van der Waals surface area contributed by atoms with E-state index in [9.17, 15) is 0 Å². The van der Waals surface area contributed by atoms with Gasteiger partial charge in [0.25, 0.3) is 0 Å². The van der Waals surface area contributed by atoms with Gasteiger partial charge in [-0.25, -0.2) is 0 Å². The minimum Gasteiger partial charge on any atom is -0.497 e. The van der Waals surface area contributed by atoms with Crippen molar-refractivity contribution >= 4 is 0 Å². The zero-order valence-corrected chi connectivity index (χ0v) is 10.5. The normalized spacial score (nSPS) is 13.6. The molecule has 92 valence electrons. The Morgan fingerprint density at radius 2 is 1.78 bits per heavy atom. The van der Waals surface area contributed by atoms with Crippen molar-refractivity contribution in [1.29, 1.82) is 0 Å². The molecule has 3 rings (SSSR count). The maximum absolute atomic E-state index is 5.63. The summed E-state index contributed by atoms with van der Waals surface area (Å²) in [6, 6.07) is 14.6. The van der Waals surface area contributed by atoms with Gasteiger partial charge in [0.1, 0.15) is 11.5 Å². The molecule has 0 spiro atoms. The molecule has 0 N–H and O–H groups in total. The highest BCUT2D eigenvalue weighted by atomic mass is 16.5. The van der Waals surface area contributed by atoms with Crippen molar-refractivity contribution in [3.8, 4) is 22.6 Å². The molecule has 0 aliphatic carbocycles. The van der Waals surface area contributed by atoms with Crippen LogP contribution in [0.2, 0.25) is 0 Å². The molecule has 0 atom stereocenters. The number of ether oxygens (including phenoxy) is 2. The Morgan fingerprint density at radius 1 is 1.00 bits per heavy atom. The van der Waals surface area contributed by atoms with Gasteiger partial charge in [0.15, 0.2) is 0 Å². The lowest BCUT2D eigenvalue weighted by atomic mass is 9.99. The van der Waals surface area contributed by atoms with Gasteiger partial charge in [-0.2, -0.15) is 0 Å². The third-order valence-electron chi connectivity index (χ3n) is 3.33. The Hall–Kier alpha value is -1.96. The summed E-state index contributed by atoms with van der Waals surface area (Å²) in [6.45, 7) is 0.842. The maximum atomic E-state index is 5.63. The minimum atomic E-state index is 0.842. The molecule has 0 saturated heterocycles. The van der Waals surface area contributed by atoms with E-state index in [1.165, 1.54) is 16.7 Å². The molecule has 1 aliphatic rings. The summed E-state index contributed by atoms with van der Waals surface area (Å²) in [7, 11) is 1.69. The van der Waals surface area contributed by atoms with E-state index in [1.807, 2.05) is 12.1 Å². The van der Waals surface area contributed by atoms with Gasteiger partial charge >= 0.3 is 0 Å². The summed E-state index contributed by atoms with van der Waals surface area (Å²) in [4.78, 5) is 0. The summed E-state index contributed by atoms with van der Waals surface area (Å²) < 4.78 is 10.8. The summed E-state index contributed by atoms with van der Waals surface area (Å²) in [5, 5.41) is 0. The van der Waals surface area contributed by atoms with E-state index in [2.05, 4.69) is 30.3 Å². The van der Waals surface area contributed by atoms with E-state index >= 15 is 0 Å². The van der Waals surface area contributed by atoms with E-state index in [0.717, 1.165) is 30.9 Å². The highest BCUT2D eigenvalue weighted by Gasteiger charge is 2.11. The fraction of sp³-hybridized carbons (Fsp3) is 0.250. The molecule has 18 heavy (non-hydrogen) atoms. The lowest BCUT2D eigenvalue weighted by Crippen LogP contribution is -2.07. The molecule has 2 heteroatoms. The Kier molecular flexibility index (Phi) is 2.93. The van der Waals surface area contributed by atoms with Crippen molar-refractivity contribution in [3.05, 3.63) is 48.0 Å². The average Bonchev–Trinajstić information content (AvgIpc) is 2.47. The molecule has 2 aromatic rings. The van der Waals surface area contributed by atoms with Crippen molar-refractivity contribution in [2.24, 2.45) is 0 Å². The highest BCUT2D eigenvalue weighted by Crippen LogP contribution is 2.30. The Balaban J connectivity index is 1.95. The predicted molar refractivity (Wildman–Crippen MR) is 72.2 cm³/mol. The molecule has 2 aromatic carbocycles. The number of rotatable bonds is 2. The predicted octanol–water partition coefficient (Wildman–Crippen LogP) is 3.69. The maximum Gasteiger partial charge on any atom is 0.122 e. The van der Waals surface area contributed by atoms with Gasteiger partial charge < -0.3 is 9.47 Å². The molecule has 2 nitrogen and oxygen atoms in total. The standard InChI is InChI=1S/C16H16O2/c1-17-15-7-4-12(5-8-15)13-6-9-16-14(11-13)3-2-10-18-16/h4-9,11H,2-3,10H2,1H3. The molecular formula is C16H16O2. The molecule has 1 aliphatic heterocycles. The first-order valence-corrected chi connectivity index (χ1v) is 6.27. The number of benzene rings is 2. The quantitative estimate of drug-likeness (QED) is 0.797. The molecule has 0 aromatic heterocycles. The molecule has 0 bridgehead atoms. The lowest BCUT2D eigenvalue weighted by Gasteiger charge is -2.18. The SMILES string of the molecule is COc1ccc(-c2ccc3c(c2)CCCO3)cc1. The van der Waals surface area contributed by atoms with Crippen LogP contribution >= 0.6 is 0 Å². The smallest absolute Gasteiger partial charge is 0.122 e. The third kappa shape index (κ3) is 2.06. The van der Waals surface area contributed by atoms with Gasteiger partial charge in [0, 0.05) is 0 Å².